The Labute approximate surface area is 215 Å². The van der Waals surface area contributed by atoms with Gasteiger partial charge in [-0.1, -0.05) is 37.6 Å². The number of benzene rings is 1. The number of alkyl carbamates (subject to hydrolysis) is 1. The second kappa shape index (κ2) is 13.8. The van der Waals surface area contributed by atoms with Crippen LogP contribution in [0, 0.1) is 19.8 Å². The molecule has 36 heavy (non-hydrogen) atoms. The van der Waals surface area contributed by atoms with Gasteiger partial charge in [0, 0.05) is 6.04 Å². The molecule has 0 aromatic heterocycles. The van der Waals surface area contributed by atoms with Crippen molar-refractivity contribution in [3.8, 4) is 0 Å². The van der Waals surface area contributed by atoms with Gasteiger partial charge >= 0.3 is 12.1 Å². The van der Waals surface area contributed by atoms with Crippen molar-refractivity contribution in [3.63, 3.8) is 0 Å². The highest BCUT2D eigenvalue weighted by molar-refractivity contribution is 5.92. The molecule has 0 bridgehead atoms. The molecule has 0 saturated heterocycles. The Bertz CT molecular complexity index is 923. The average Bonchev–Trinajstić information content (AvgIpc) is 2.77. The number of hydrogen-bond acceptors (Lipinski definition) is 6. The minimum atomic E-state index is -1.01. The molecule has 9 nitrogen and oxygen atoms in total. The van der Waals surface area contributed by atoms with Gasteiger partial charge in [0.1, 0.15) is 24.7 Å². The van der Waals surface area contributed by atoms with Gasteiger partial charge < -0.3 is 25.0 Å². The molecule has 0 aliphatic heterocycles. The lowest BCUT2D eigenvalue weighted by Crippen LogP contribution is -2.52. The first-order valence-electron chi connectivity index (χ1n) is 12.4. The third kappa shape index (κ3) is 10.3. The van der Waals surface area contributed by atoms with Gasteiger partial charge in [0.15, 0.2) is 0 Å². The van der Waals surface area contributed by atoms with E-state index in [9.17, 15) is 19.2 Å². The van der Waals surface area contributed by atoms with Gasteiger partial charge in [0.05, 0.1) is 7.11 Å². The summed E-state index contributed by atoms with van der Waals surface area (Å²) in [4.78, 5) is 52.5. The third-order valence-electron chi connectivity index (χ3n) is 5.59. The molecule has 0 aliphatic carbocycles. The molecule has 2 unspecified atom stereocenters. The second-order valence-corrected chi connectivity index (χ2v) is 10.5. The molecule has 1 aromatic carbocycles. The van der Waals surface area contributed by atoms with E-state index in [0.717, 1.165) is 17.5 Å². The van der Waals surface area contributed by atoms with E-state index in [0.29, 0.717) is 17.9 Å². The molecule has 202 valence electrons. The van der Waals surface area contributed by atoms with E-state index in [1.165, 1.54) is 12.0 Å². The van der Waals surface area contributed by atoms with Crippen molar-refractivity contribution in [2.24, 2.45) is 5.92 Å². The number of carbonyl (C=O) groups is 4. The standard InChI is InChI=1S/C27H43N3O6/c1-17(2)10-12-20(5)30(22(31)15-29-26(34)36-27(6,7)8)24(25(33)28-16-23(32)35-9)21-13-11-18(3)14-19(21)4/h11,13-14,17,20,24H,10,12,15-16H2,1-9H3,(H,28,33)(H,29,34). The Morgan fingerprint density at radius 1 is 0.972 bits per heavy atom. The van der Waals surface area contributed by atoms with Gasteiger partial charge in [-0.25, -0.2) is 4.79 Å². The molecular weight excluding hydrogens is 462 g/mol. The SMILES string of the molecule is COC(=O)CNC(=O)C(c1ccc(C)cc1C)N(C(=O)CNC(=O)OC(C)(C)C)C(C)CCC(C)C. The van der Waals surface area contributed by atoms with E-state index in [2.05, 4.69) is 29.2 Å². The summed E-state index contributed by atoms with van der Waals surface area (Å²) < 4.78 is 9.91. The van der Waals surface area contributed by atoms with Crippen molar-refractivity contribution < 1.29 is 28.7 Å². The van der Waals surface area contributed by atoms with Crippen LogP contribution < -0.4 is 10.6 Å². The predicted octanol–water partition coefficient (Wildman–Crippen LogP) is 3.81. The van der Waals surface area contributed by atoms with Crippen molar-refractivity contribution in [1.82, 2.24) is 15.5 Å². The predicted molar refractivity (Wildman–Crippen MR) is 138 cm³/mol. The number of amides is 3. The number of esters is 1. The highest BCUT2D eigenvalue weighted by Crippen LogP contribution is 2.29. The first kappa shape index (κ1) is 30.9. The van der Waals surface area contributed by atoms with Crippen molar-refractivity contribution in [1.29, 1.82) is 0 Å². The summed E-state index contributed by atoms with van der Waals surface area (Å²) in [5.41, 5.74) is 1.78. The Kier molecular flexibility index (Phi) is 11.9. The van der Waals surface area contributed by atoms with Gasteiger partial charge in [-0.15, -0.1) is 0 Å². The van der Waals surface area contributed by atoms with E-state index in [1.807, 2.05) is 39.0 Å². The maximum absolute atomic E-state index is 13.6. The van der Waals surface area contributed by atoms with E-state index < -0.39 is 35.5 Å². The van der Waals surface area contributed by atoms with E-state index in [4.69, 9.17) is 4.74 Å². The maximum atomic E-state index is 13.6. The number of hydrogen-bond donors (Lipinski definition) is 2. The van der Waals surface area contributed by atoms with Gasteiger partial charge in [-0.2, -0.15) is 0 Å². The molecule has 0 aliphatic rings. The third-order valence-corrected chi connectivity index (χ3v) is 5.59. The first-order valence-corrected chi connectivity index (χ1v) is 12.4. The van der Waals surface area contributed by atoms with Gasteiger partial charge in [0.25, 0.3) is 0 Å². The Morgan fingerprint density at radius 3 is 2.14 bits per heavy atom. The van der Waals surface area contributed by atoms with E-state index in [-0.39, 0.29) is 19.1 Å². The average molecular weight is 506 g/mol. The molecule has 3 amide bonds. The fourth-order valence-corrected chi connectivity index (χ4v) is 3.79. The topological polar surface area (TPSA) is 114 Å². The highest BCUT2D eigenvalue weighted by Gasteiger charge is 2.36. The zero-order chi connectivity index (χ0) is 27.6. The summed E-state index contributed by atoms with van der Waals surface area (Å²) in [7, 11) is 1.24. The first-order chi connectivity index (χ1) is 16.7. The quantitative estimate of drug-likeness (QED) is 0.442. The normalized spacial score (nSPS) is 12.9. The number of rotatable bonds is 11. The number of nitrogens with zero attached hydrogens (tertiary/aromatic N) is 1. The van der Waals surface area contributed by atoms with Crippen LogP contribution >= 0.6 is 0 Å². The largest absolute Gasteiger partial charge is 0.468 e. The smallest absolute Gasteiger partial charge is 0.408 e. The number of methoxy groups -OCH3 is 1. The maximum Gasteiger partial charge on any atom is 0.408 e. The minimum Gasteiger partial charge on any atom is -0.468 e. The van der Waals surface area contributed by atoms with Crippen LogP contribution in [0.3, 0.4) is 0 Å². The lowest BCUT2D eigenvalue weighted by atomic mass is 9.94. The summed E-state index contributed by atoms with van der Waals surface area (Å²) in [6.07, 6.45) is 0.777. The van der Waals surface area contributed by atoms with Gasteiger partial charge in [-0.3, -0.25) is 14.4 Å². The fraction of sp³-hybridized carbons (Fsp3) is 0.630. The van der Waals surface area contributed by atoms with Gasteiger partial charge in [-0.05, 0) is 71.4 Å². The second-order valence-electron chi connectivity index (χ2n) is 10.5. The lowest BCUT2D eigenvalue weighted by Gasteiger charge is -2.37. The molecule has 0 fully saturated rings. The van der Waals surface area contributed by atoms with Crippen molar-refractivity contribution in [2.75, 3.05) is 20.2 Å². The summed E-state index contributed by atoms with van der Waals surface area (Å²) >= 11 is 0. The Hall–Kier alpha value is -3.10. The Balaban J connectivity index is 3.41. The van der Waals surface area contributed by atoms with Crippen LogP contribution in [0.25, 0.3) is 0 Å². The monoisotopic (exact) mass is 505 g/mol. The lowest BCUT2D eigenvalue weighted by molar-refractivity contribution is -0.145. The molecule has 0 saturated carbocycles. The van der Waals surface area contributed by atoms with Crippen LogP contribution in [0.15, 0.2) is 18.2 Å². The summed E-state index contributed by atoms with van der Waals surface area (Å²) in [5, 5.41) is 5.11. The van der Waals surface area contributed by atoms with Crippen LogP contribution in [-0.4, -0.2) is 60.6 Å². The van der Waals surface area contributed by atoms with Crippen LogP contribution in [-0.2, 0) is 23.9 Å². The minimum absolute atomic E-state index is 0.324. The molecule has 2 N–H and O–H groups in total. The number of nitrogens with one attached hydrogen (secondary N) is 2. The van der Waals surface area contributed by atoms with E-state index >= 15 is 0 Å². The summed E-state index contributed by atoms with van der Waals surface area (Å²) in [6, 6.07) is 4.31. The van der Waals surface area contributed by atoms with E-state index in [1.54, 1.807) is 20.8 Å². The number of aryl methyl sites for hydroxylation is 2. The molecule has 2 atom stereocenters. The molecule has 1 aromatic rings. The van der Waals surface area contributed by atoms with Gasteiger partial charge in [0.2, 0.25) is 11.8 Å². The highest BCUT2D eigenvalue weighted by atomic mass is 16.6. The van der Waals surface area contributed by atoms with Crippen molar-refractivity contribution >= 4 is 23.9 Å². The number of ether oxygens (including phenoxy) is 2. The van der Waals surface area contributed by atoms with Crippen LogP contribution in [0.1, 0.15) is 77.1 Å². The molecule has 0 heterocycles. The summed E-state index contributed by atoms with van der Waals surface area (Å²) in [6.45, 7) is 14.4. The molecule has 0 radical (unpaired) electrons. The molecular formula is C27H43N3O6. The van der Waals surface area contributed by atoms with Crippen molar-refractivity contribution in [2.45, 2.75) is 85.9 Å². The Morgan fingerprint density at radius 2 is 1.61 bits per heavy atom. The zero-order valence-corrected chi connectivity index (χ0v) is 23.2. The molecule has 0 spiro atoms. The van der Waals surface area contributed by atoms with Crippen LogP contribution in [0.2, 0.25) is 0 Å². The van der Waals surface area contributed by atoms with Crippen LogP contribution in [0.4, 0.5) is 4.79 Å². The summed E-state index contributed by atoms with van der Waals surface area (Å²) in [5.74, 6) is -1.14. The van der Waals surface area contributed by atoms with Crippen LogP contribution in [0.5, 0.6) is 0 Å². The number of carbonyl (C=O) groups excluding carboxylic acids is 4. The molecule has 9 heteroatoms. The fourth-order valence-electron chi connectivity index (χ4n) is 3.79. The van der Waals surface area contributed by atoms with Crippen molar-refractivity contribution in [3.05, 3.63) is 34.9 Å². The zero-order valence-electron chi connectivity index (χ0n) is 23.2. The molecule has 1 rings (SSSR count).